The van der Waals surface area contributed by atoms with Gasteiger partial charge in [0.15, 0.2) is 5.17 Å². The van der Waals surface area contributed by atoms with Gasteiger partial charge >= 0.3 is 0 Å². The third-order valence-corrected chi connectivity index (χ3v) is 4.85. The zero-order valence-electron chi connectivity index (χ0n) is 12.1. The average molecular weight is 330 g/mol. The van der Waals surface area contributed by atoms with Gasteiger partial charge in [0.1, 0.15) is 5.75 Å². The minimum absolute atomic E-state index is 0.108. The van der Waals surface area contributed by atoms with Crippen LogP contribution in [-0.4, -0.2) is 18.2 Å². The summed E-state index contributed by atoms with van der Waals surface area (Å²) in [5.41, 5.74) is 0.775. The number of amides is 1. The molecule has 1 saturated heterocycles. The lowest BCUT2D eigenvalue weighted by Crippen LogP contribution is -2.19. The van der Waals surface area contributed by atoms with Crippen LogP contribution in [0.15, 0.2) is 46.3 Å². The van der Waals surface area contributed by atoms with Crippen LogP contribution in [0.2, 0.25) is 0 Å². The molecule has 2 aromatic rings. The molecule has 1 aliphatic rings. The molecule has 22 heavy (non-hydrogen) atoms. The van der Waals surface area contributed by atoms with Crippen molar-refractivity contribution >= 4 is 45.9 Å². The third kappa shape index (κ3) is 3.40. The van der Waals surface area contributed by atoms with Gasteiger partial charge in [-0.3, -0.25) is 4.79 Å². The van der Waals surface area contributed by atoms with Gasteiger partial charge in [-0.15, -0.1) is 11.3 Å². The predicted octanol–water partition coefficient (Wildman–Crippen LogP) is 3.96. The Bertz CT molecular complexity index is 761. The van der Waals surface area contributed by atoms with E-state index < -0.39 is 0 Å². The van der Waals surface area contributed by atoms with Gasteiger partial charge in [0.25, 0.3) is 5.91 Å². The summed E-state index contributed by atoms with van der Waals surface area (Å²) < 4.78 is 5.11. The first-order chi connectivity index (χ1) is 10.6. The number of carbonyl (C=O) groups is 1. The Hall–Kier alpha value is -2.05. The molecule has 0 bridgehead atoms. The minimum Gasteiger partial charge on any atom is -0.497 e. The van der Waals surface area contributed by atoms with E-state index in [1.54, 1.807) is 18.4 Å². The van der Waals surface area contributed by atoms with Gasteiger partial charge in [0.2, 0.25) is 0 Å². The second kappa shape index (κ2) is 6.37. The van der Waals surface area contributed by atoms with Gasteiger partial charge in [-0.05, 0) is 61.2 Å². The molecule has 0 atom stereocenters. The normalized spacial score (nSPS) is 18.0. The van der Waals surface area contributed by atoms with E-state index in [1.165, 1.54) is 16.6 Å². The lowest BCUT2D eigenvalue weighted by atomic mass is 10.3. The van der Waals surface area contributed by atoms with Gasteiger partial charge in [0.05, 0.1) is 17.7 Å². The molecule has 1 aromatic carbocycles. The lowest BCUT2D eigenvalue weighted by Gasteiger charge is -1.99. The SMILES string of the molecule is COc1ccc(N=C2NC(=O)/C(=C/c3ccc(C)s3)S2)cc1. The smallest absolute Gasteiger partial charge is 0.264 e. The van der Waals surface area contributed by atoms with E-state index in [-0.39, 0.29) is 5.91 Å². The molecule has 0 saturated carbocycles. The fourth-order valence-corrected chi connectivity index (χ4v) is 3.64. The van der Waals surface area contributed by atoms with E-state index in [0.717, 1.165) is 16.3 Å². The lowest BCUT2D eigenvalue weighted by molar-refractivity contribution is -0.115. The molecule has 0 radical (unpaired) electrons. The standard InChI is InChI=1S/C16H14N2O2S2/c1-10-3-8-13(21-10)9-14-15(19)18-16(22-14)17-11-4-6-12(20-2)7-5-11/h3-9H,1-2H3,(H,17,18,19)/b14-9-. The second-order valence-electron chi connectivity index (χ2n) is 4.63. The maximum atomic E-state index is 12.0. The van der Waals surface area contributed by atoms with Crippen molar-refractivity contribution < 1.29 is 9.53 Å². The Labute approximate surface area is 136 Å². The molecule has 1 aromatic heterocycles. The first kappa shape index (κ1) is 14.9. The van der Waals surface area contributed by atoms with Crippen LogP contribution in [0, 0.1) is 6.92 Å². The first-order valence-corrected chi connectivity index (χ1v) is 8.27. The summed E-state index contributed by atoms with van der Waals surface area (Å²) in [7, 11) is 1.62. The Balaban J connectivity index is 1.78. The van der Waals surface area contributed by atoms with Crippen LogP contribution in [-0.2, 0) is 4.79 Å². The summed E-state index contributed by atoms with van der Waals surface area (Å²) in [6.45, 7) is 2.05. The number of methoxy groups -OCH3 is 1. The van der Waals surface area contributed by atoms with Crippen LogP contribution in [0.25, 0.3) is 6.08 Å². The van der Waals surface area contributed by atoms with Crippen molar-refractivity contribution in [2.45, 2.75) is 6.92 Å². The number of hydrogen-bond donors (Lipinski definition) is 1. The number of thioether (sulfide) groups is 1. The van der Waals surface area contributed by atoms with E-state index in [2.05, 4.69) is 10.3 Å². The Morgan fingerprint density at radius 1 is 1.18 bits per heavy atom. The number of amidine groups is 1. The molecular weight excluding hydrogens is 316 g/mol. The van der Waals surface area contributed by atoms with Crippen LogP contribution in [0.5, 0.6) is 5.75 Å². The molecule has 1 amide bonds. The van der Waals surface area contributed by atoms with Crippen molar-refractivity contribution in [3.63, 3.8) is 0 Å². The highest BCUT2D eigenvalue weighted by Gasteiger charge is 2.23. The largest absolute Gasteiger partial charge is 0.497 e. The van der Waals surface area contributed by atoms with E-state index in [1.807, 2.05) is 49.4 Å². The Morgan fingerprint density at radius 3 is 2.59 bits per heavy atom. The minimum atomic E-state index is -0.108. The highest BCUT2D eigenvalue weighted by molar-refractivity contribution is 8.18. The molecule has 112 valence electrons. The molecule has 0 spiro atoms. The number of ether oxygens (including phenoxy) is 1. The van der Waals surface area contributed by atoms with Gasteiger partial charge in [-0.1, -0.05) is 0 Å². The van der Waals surface area contributed by atoms with Gasteiger partial charge < -0.3 is 10.1 Å². The number of rotatable bonds is 3. The van der Waals surface area contributed by atoms with Crippen molar-refractivity contribution in [1.82, 2.24) is 5.32 Å². The fraction of sp³-hybridized carbons (Fsp3) is 0.125. The monoisotopic (exact) mass is 330 g/mol. The molecular formula is C16H14N2O2S2. The summed E-state index contributed by atoms with van der Waals surface area (Å²) in [5, 5.41) is 3.38. The molecule has 6 heteroatoms. The number of nitrogens with zero attached hydrogens (tertiary/aromatic N) is 1. The fourth-order valence-electron chi connectivity index (χ4n) is 1.91. The van der Waals surface area contributed by atoms with Crippen molar-refractivity contribution in [2.75, 3.05) is 7.11 Å². The number of aliphatic imine (C=N–C) groups is 1. The number of benzene rings is 1. The zero-order chi connectivity index (χ0) is 15.5. The quantitative estimate of drug-likeness (QED) is 0.867. The van der Waals surface area contributed by atoms with Gasteiger partial charge in [-0.25, -0.2) is 4.99 Å². The number of hydrogen-bond acceptors (Lipinski definition) is 5. The van der Waals surface area contributed by atoms with Gasteiger partial charge in [-0.2, -0.15) is 0 Å². The molecule has 1 aliphatic heterocycles. The van der Waals surface area contributed by atoms with E-state index in [9.17, 15) is 4.79 Å². The van der Waals surface area contributed by atoms with Crippen LogP contribution >= 0.6 is 23.1 Å². The maximum Gasteiger partial charge on any atom is 0.264 e. The van der Waals surface area contributed by atoms with Crippen LogP contribution in [0.3, 0.4) is 0 Å². The number of aryl methyl sites for hydroxylation is 1. The van der Waals surface area contributed by atoms with Crippen LogP contribution in [0.4, 0.5) is 5.69 Å². The highest BCUT2D eigenvalue weighted by atomic mass is 32.2. The molecule has 0 unspecified atom stereocenters. The topological polar surface area (TPSA) is 50.7 Å². The summed E-state index contributed by atoms with van der Waals surface area (Å²) in [6.07, 6.45) is 1.90. The molecule has 1 N–H and O–H groups in total. The summed E-state index contributed by atoms with van der Waals surface area (Å²) >= 11 is 3.02. The number of carbonyl (C=O) groups excluding carboxylic acids is 1. The number of nitrogens with one attached hydrogen (secondary N) is 1. The average Bonchev–Trinajstić information content (AvgIpc) is 3.06. The molecule has 1 fully saturated rings. The maximum absolute atomic E-state index is 12.0. The molecule has 4 nitrogen and oxygen atoms in total. The Morgan fingerprint density at radius 2 is 1.95 bits per heavy atom. The summed E-state index contributed by atoms with van der Waals surface area (Å²) in [5.74, 6) is 0.670. The van der Waals surface area contributed by atoms with Crippen molar-refractivity contribution in [3.8, 4) is 5.75 Å². The van der Waals surface area contributed by atoms with Crippen molar-refractivity contribution in [3.05, 3.63) is 51.1 Å². The van der Waals surface area contributed by atoms with Crippen LogP contribution in [0.1, 0.15) is 9.75 Å². The molecule has 3 rings (SSSR count). The summed E-state index contributed by atoms with van der Waals surface area (Å²) in [4.78, 5) is 19.4. The molecule has 0 aliphatic carbocycles. The van der Waals surface area contributed by atoms with E-state index >= 15 is 0 Å². The third-order valence-electron chi connectivity index (χ3n) is 2.99. The van der Waals surface area contributed by atoms with E-state index in [4.69, 9.17) is 4.74 Å². The summed E-state index contributed by atoms with van der Waals surface area (Å²) in [6, 6.07) is 11.4. The predicted molar refractivity (Wildman–Crippen MR) is 92.9 cm³/mol. The van der Waals surface area contributed by atoms with Gasteiger partial charge in [0, 0.05) is 9.75 Å². The molecule has 2 heterocycles. The van der Waals surface area contributed by atoms with Crippen molar-refractivity contribution in [1.29, 1.82) is 0 Å². The Kier molecular flexibility index (Phi) is 4.31. The van der Waals surface area contributed by atoms with Crippen molar-refractivity contribution in [2.24, 2.45) is 4.99 Å². The zero-order valence-corrected chi connectivity index (χ0v) is 13.8. The highest BCUT2D eigenvalue weighted by Crippen LogP contribution is 2.30. The van der Waals surface area contributed by atoms with E-state index in [0.29, 0.717) is 10.1 Å². The second-order valence-corrected chi connectivity index (χ2v) is 6.98. The first-order valence-electron chi connectivity index (χ1n) is 6.64. The van der Waals surface area contributed by atoms with Crippen LogP contribution < -0.4 is 10.1 Å². The number of thiophene rings is 1.